The van der Waals surface area contributed by atoms with Gasteiger partial charge in [0.25, 0.3) is 0 Å². The second-order valence-electron chi connectivity index (χ2n) is 3.47. The van der Waals surface area contributed by atoms with Crippen LogP contribution < -0.4 is 5.19 Å². The molecule has 1 N–H and O–H groups in total. The molecule has 0 fully saturated rings. The summed E-state index contributed by atoms with van der Waals surface area (Å²) in [6, 6.07) is 0. The Hall–Kier alpha value is 0.227. The third-order valence-electron chi connectivity index (χ3n) is 1.50. The van der Waals surface area contributed by atoms with Crippen molar-refractivity contribution < 1.29 is 0 Å². The molecule has 56 valence electrons. The minimum atomic E-state index is -1.06. The second-order valence-corrected chi connectivity index (χ2v) is 9.67. The first kappa shape index (κ1) is 8.32. The van der Waals surface area contributed by atoms with Gasteiger partial charge in [-0.2, -0.15) is 0 Å². The molecule has 0 saturated heterocycles. The van der Waals surface area contributed by atoms with E-state index in [4.69, 9.17) is 0 Å². The van der Waals surface area contributed by atoms with Gasteiger partial charge in [-0.1, -0.05) is 19.6 Å². The molecule has 1 aromatic heterocycles. The molecular weight excluding hydrogens is 253 g/mol. The van der Waals surface area contributed by atoms with Crippen molar-refractivity contribution in [3.8, 4) is 0 Å². The van der Waals surface area contributed by atoms with Gasteiger partial charge in [0.05, 0.1) is 8.07 Å². The fourth-order valence-corrected chi connectivity index (χ4v) is 4.99. The SMILES string of the molecule is C[Si](C)(C)c1c[nH]cc1I. The van der Waals surface area contributed by atoms with Gasteiger partial charge >= 0.3 is 0 Å². The highest BCUT2D eigenvalue weighted by Gasteiger charge is 2.19. The van der Waals surface area contributed by atoms with E-state index < -0.39 is 8.07 Å². The molecule has 0 atom stereocenters. The van der Waals surface area contributed by atoms with E-state index in [2.05, 4.69) is 59.6 Å². The van der Waals surface area contributed by atoms with E-state index in [9.17, 15) is 0 Å². The van der Waals surface area contributed by atoms with Crippen LogP contribution in [0.2, 0.25) is 19.6 Å². The summed E-state index contributed by atoms with van der Waals surface area (Å²) >= 11 is 2.38. The van der Waals surface area contributed by atoms with Gasteiger partial charge < -0.3 is 4.98 Å². The zero-order valence-electron chi connectivity index (χ0n) is 6.53. The molecule has 0 spiro atoms. The number of rotatable bonds is 1. The molecule has 0 aliphatic heterocycles. The van der Waals surface area contributed by atoms with Crippen molar-refractivity contribution in [2.45, 2.75) is 19.6 Å². The average Bonchev–Trinajstić information content (AvgIpc) is 2.11. The highest BCUT2D eigenvalue weighted by Crippen LogP contribution is 2.07. The van der Waals surface area contributed by atoms with E-state index in [1.807, 2.05) is 0 Å². The van der Waals surface area contributed by atoms with Gasteiger partial charge in [-0.15, -0.1) is 0 Å². The molecule has 0 bridgehead atoms. The predicted molar refractivity (Wildman–Crippen MR) is 56.5 cm³/mol. The van der Waals surface area contributed by atoms with Crippen molar-refractivity contribution in [3.05, 3.63) is 16.0 Å². The van der Waals surface area contributed by atoms with Gasteiger partial charge in [-0.05, 0) is 27.8 Å². The average molecular weight is 265 g/mol. The standard InChI is InChI=1S/C7H12INSi/c1-10(2,3)7-5-9-4-6(7)8/h4-5,9H,1-3H3. The molecule has 0 aliphatic carbocycles. The van der Waals surface area contributed by atoms with Crippen LogP contribution in [0, 0.1) is 3.57 Å². The van der Waals surface area contributed by atoms with Crippen molar-refractivity contribution >= 4 is 35.9 Å². The van der Waals surface area contributed by atoms with Crippen LogP contribution in [-0.4, -0.2) is 13.1 Å². The molecule has 0 saturated carbocycles. The van der Waals surface area contributed by atoms with E-state index in [0.29, 0.717) is 0 Å². The van der Waals surface area contributed by atoms with Gasteiger partial charge in [0.15, 0.2) is 0 Å². The monoisotopic (exact) mass is 265 g/mol. The summed E-state index contributed by atoms with van der Waals surface area (Å²) in [6.45, 7) is 7.08. The summed E-state index contributed by atoms with van der Waals surface area (Å²) in [7, 11) is -1.06. The summed E-state index contributed by atoms with van der Waals surface area (Å²) in [6.07, 6.45) is 4.20. The quantitative estimate of drug-likeness (QED) is 0.591. The fraction of sp³-hybridized carbons (Fsp3) is 0.429. The van der Waals surface area contributed by atoms with E-state index in [-0.39, 0.29) is 0 Å². The lowest BCUT2D eigenvalue weighted by atomic mass is 10.7. The van der Waals surface area contributed by atoms with Crippen LogP contribution in [0.3, 0.4) is 0 Å². The largest absolute Gasteiger partial charge is 0.367 e. The molecule has 10 heavy (non-hydrogen) atoms. The normalized spacial score (nSPS) is 12.0. The molecule has 0 aliphatic rings. The number of aromatic amines is 1. The molecule has 3 heteroatoms. The molecule has 1 nitrogen and oxygen atoms in total. The van der Waals surface area contributed by atoms with E-state index in [0.717, 1.165) is 0 Å². The van der Waals surface area contributed by atoms with Crippen molar-refractivity contribution in [3.63, 3.8) is 0 Å². The van der Waals surface area contributed by atoms with Crippen LogP contribution in [0.5, 0.6) is 0 Å². The van der Waals surface area contributed by atoms with Gasteiger partial charge in [-0.3, -0.25) is 0 Å². The minimum absolute atomic E-state index is 1.06. The smallest absolute Gasteiger partial charge is 0.0809 e. The summed E-state index contributed by atoms with van der Waals surface area (Å²) in [4.78, 5) is 3.13. The predicted octanol–water partition coefficient (Wildman–Crippen LogP) is 2.16. The number of H-pyrrole nitrogens is 1. The summed E-state index contributed by atoms with van der Waals surface area (Å²) in [5.74, 6) is 0. The van der Waals surface area contributed by atoms with Crippen molar-refractivity contribution in [1.82, 2.24) is 4.98 Å². The van der Waals surface area contributed by atoms with Crippen LogP contribution in [0.4, 0.5) is 0 Å². The molecular formula is C7H12INSi. The molecule has 1 aromatic rings. The highest BCUT2D eigenvalue weighted by molar-refractivity contribution is 14.1. The Morgan fingerprint density at radius 2 is 1.90 bits per heavy atom. The molecule has 0 radical (unpaired) electrons. The third kappa shape index (κ3) is 1.63. The maximum Gasteiger partial charge on any atom is 0.0809 e. The number of hydrogen-bond donors (Lipinski definition) is 1. The first-order valence-electron chi connectivity index (χ1n) is 3.34. The lowest BCUT2D eigenvalue weighted by Crippen LogP contribution is -2.38. The van der Waals surface area contributed by atoms with E-state index in [1.165, 1.54) is 8.76 Å². The molecule has 0 amide bonds. The van der Waals surface area contributed by atoms with Crippen LogP contribution in [0.15, 0.2) is 12.4 Å². The Morgan fingerprint density at radius 3 is 2.10 bits per heavy atom. The van der Waals surface area contributed by atoms with Crippen LogP contribution in [0.1, 0.15) is 0 Å². The maximum absolute atomic E-state index is 3.13. The Bertz CT molecular complexity index is 224. The Kier molecular flexibility index (Phi) is 2.24. The summed E-state index contributed by atoms with van der Waals surface area (Å²) in [5.41, 5.74) is 0. The zero-order chi connectivity index (χ0) is 7.78. The molecule has 1 heterocycles. The second kappa shape index (κ2) is 2.69. The maximum atomic E-state index is 3.13. The number of nitrogens with one attached hydrogen (secondary N) is 1. The molecule has 1 rings (SSSR count). The van der Waals surface area contributed by atoms with Gasteiger partial charge in [-0.25, -0.2) is 0 Å². The number of hydrogen-bond acceptors (Lipinski definition) is 0. The first-order chi connectivity index (χ1) is 4.52. The van der Waals surface area contributed by atoms with E-state index in [1.54, 1.807) is 0 Å². The number of halogens is 1. The lowest BCUT2D eigenvalue weighted by molar-refractivity contribution is 1.41. The molecule has 0 unspecified atom stereocenters. The van der Waals surface area contributed by atoms with Gasteiger partial charge in [0, 0.05) is 16.0 Å². The van der Waals surface area contributed by atoms with Crippen molar-refractivity contribution in [1.29, 1.82) is 0 Å². The van der Waals surface area contributed by atoms with Crippen LogP contribution in [-0.2, 0) is 0 Å². The fourth-order valence-electron chi connectivity index (χ4n) is 0.920. The minimum Gasteiger partial charge on any atom is -0.367 e. The van der Waals surface area contributed by atoms with Crippen molar-refractivity contribution in [2.24, 2.45) is 0 Å². The summed E-state index contributed by atoms with van der Waals surface area (Å²) in [5, 5.41) is 1.54. The van der Waals surface area contributed by atoms with E-state index >= 15 is 0 Å². The van der Waals surface area contributed by atoms with Crippen molar-refractivity contribution in [2.75, 3.05) is 0 Å². The Balaban J connectivity index is 3.05. The van der Waals surface area contributed by atoms with Crippen LogP contribution in [0.25, 0.3) is 0 Å². The zero-order valence-corrected chi connectivity index (χ0v) is 9.69. The molecule has 0 aromatic carbocycles. The van der Waals surface area contributed by atoms with Gasteiger partial charge in [0.2, 0.25) is 0 Å². The lowest BCUT2D eigenvalue weighted by Gasteiger charge is -2.14. The summed E-state index contributed by atoms with van der Waals surface area (Å²) < 4.78 is 1.39. The Labute approximate surface area is 76.4 Å². The number of aromatic nitrogens is 1. The topological polar surface area (TPSA) is 15.8 Å². The van der Waals surface area contributed by atoms with Crippen LogP contribution >= 0.6 is 22.6 Å². The first-order valence-corrected chi connectivity index (χ1v) is 7.92. The highest BCUT2D eigenvalue weighted by atomic mass is 127. The van der Waals surface area contributed by atoms with Gasteiger partial charge in [0.1, 0.15) is 0 Å². The Morgan fingerprint density at radius 1 is 1.30 bits per heavy atom. The third-order valence-corrected chi connectivity index (χ3v) is 4.93.